The van der Waals surface area contributed by atoms with E-state index in [2.05, 4.69) is 19.0 Å². The van der Waals surface area contributed by atoms with Crippen molar-refractivity contribution < 1.29 is 14.4 Å². The Morgan fingerprint density at radius 3 is 2.93 bits per heavy atom. The van der Waals surface area contributed by atoms with Crippen LogP contribution in [0.2, 0.25) is 0 Å². The van der Waals surface area contributed by atoms with E-state index >= 15 is 0 Å². The van der Waals surface area contributed by atoms with E-state index in [1.165, 1.54) is 0 Å². The number of aromatic carboxylic acids is 1. The lowest BCUT2D eigenvalue weighted by atomic mass is 9.90. The van der Waals surface area contributed by atoms with Gasteiger partial charge in [0, 0.05) is 16.7 Å². The first-order chi connectivity index (χ1) is 7.00. The van der Waals surface area contributed by atoms with Gasteiger partial charge in [-0.05, 0) is 26.0 Å². The van der Waals surface area contributed by atoms with Crippen molar-refractivity contribution in [1.29, 1.82) is 0 Å². The molecule has 2 rings (SSSR count). The summed E-state index contributed by atoms with van der Waals surface area (Å²) in [5.74, 6) is 1.01. The molecule has 1 aromatic heterocycles. The number of hydrogen-bond acceptors (Lipinski definition) is 4. The summed E-state index contributed by atoms with van der Waals surface area (Å²) in [6.07, 6.45) is 1.02. The number of carbonyl (C=O) groups is 1. The van der Waals surface area contributed by atoms with E-state index in [4.69, 9.17) is 9.63 Å². The lowest BCUT2D eigenvalue weighted by Crippen LogP contribution is -2.19. The molecule has 0 spiro atoms. The van der Waals surface area contributed by atoms with Crippen LogP contribution in [0.4, 0.5) is 0 Å². The number of thioether (sulfide) groups is 1. The molecule has 0 bridgehead atoms. The van der Waals surface area contributed by atoms with Gasteiger partial charge in [0.25, 0.3) is 0 Å². The van der Waals surface area contributed by atoms with E-state index in [-0.39, 0.29) is 16.4 Å². The van der Waals surface area contributed by atoms with E-state index in [1.807, 2.05) is 11.8 Å². The van der Waals surface area contributed by atoms with Gasteiger partial charge in [0.05, 0.1) is 0 Å². The number of nitrogens with zero attached hydrogens (tertiary/aromatic N) is 1. The number of hydrogen-bond donors (Lipinski definition) is 1. The Hall–Kier alpha value is -0.970. The van der Waals surface area contributed by atoms with Crippen LogP contribution in [-0.2, 0) is 0 Å². The van der Waals surface area contributed by atoms with Crippen molar-refractivity contribution in [3.63, 3.8) is 0 Å². The molecule has 1 unspecified atom stereocenters. The molecule has 1 aromatic rings. The molecule has 1 aliphatic rings. The van der Waals surface area contributed by atoms with E-state index in [0.29, 0.717) is 5.76 Å². The van der Waals surface area contributed by atoms with Gasteiger partial charge < -0.3 is 9.63 Å². The highest BCUT2D eigenvalue weighted by molar-refractivity contribution is 8.00. The maximum absolute atomic E-state index is 10.7. The van der Waals surface area contributed by atoms with E-state index in [1.54, 1.807) is 6.07 Å². The van der Waals surface area contributed by atoms with Gasteiger partial charge in [0.15, 0.2) is 5.69 Å². The minimum Gasteiger partial charge on any atom is -0.476 e. The Labute approximate surface area is 92.0 Å². The minimum atomic E-state index is -1.03. The molecule has 1 atom stereocenters. The van der Waals surface area contributed by atoms with Gasteiger partial charge >= 0.3 is 5.97 Å². The van der Waals surface area contributed by atoms with Gasteiger partial charge in [0.2, 0.25) is 0 Å². The molecule has 1 fully saturated rings. The number of carboxylic acids is 1. The fraction of sp³-hybridized carbons (Fsp3) is 0.600. The zero-order chi connectivity index (χ0) is 11.1. The Kier molecular flexibility index (Phi) is 2.50. The predicted molar refractivity (Wildman–Crippen MR) is 57.4 cm³/mol. The van der Waals surface area contributed by atoms with Crippen molar-refractivity contribution in [2.24, 2.45) is 0 Å². The summed E-state index contributed by atoms with van der Waals surface area (Å²) in [6, 6.07) is 1.54. The average Bonchev–Trinajstić information content (AvgIpc) is 2.69. The first-order valence-electron chi connectivity index (χ1n) is 4.84. The van der Waals surface area contributed by atoms with Crippen molar-refractivity contribution in [2.75, 3.05) is 5.75 Å². The molecule has 0 saturated carbocycles. The van der Waals surface area contributed by atoms with Crippen LogP contribution in [0.5, 0.6) is 0 Å². The Balaban J connectivity index is 2.26. The zero-order valence-electron chi connectivity index (χ0n) is 8.69. The maximum Gasteiger partial charge on any atom is 0.358 e. The molecule has 0 aromatic carbocycles. The topological polar surface area (TPSA) is 63.3 Å². The third-order valence-electron chi connectivity index (χ3n) is 2.81. The Bertz CT molecular complexity index is 386. The summed E-state index contributed by atoms with van der Waals surface area (Å²) in [5.41, 5.74) is -0.00213. The summed E-state index contributed by atoms with van der Waals surface area (Å²) >= 11 is 1.88. The van der Waals surface area contributed by atoms with Crippen LogP contribution < -0.4 is 0 Å². The van der Waals surface area contributed by atoms with Gasteiger partial charge in [-0.2, -0.15) is 11.8 Å². The van der Waals surface area contributed by atoms with Gasteiger partial charge in [-0.1, -0.05) is 5.16 Å². The van der Waals surface area contributed by atoms with Crippen molar-refractivity contribution in [1.82, 2.24) is 5.16 Å². The second kappa shape index (κ2) is 3.56. The maximum atomic E-state index is 10.7. The lowest BCUT2D eigenvalue weighted by molar-refractivity contribution is 0.0685. The third-order valence-corrected chi connectivity index (χ3v) is 4.28. The van der Waals surface area contributed by atoms with Crippen LogP contribution >= 0.6 is 11.8 Å². The molecule has 0 amide bonds. The standard InChI is InChI=1S/C10H13NO3S/c1-10(2)6(3-4-15-10)8-5-7(9(12)13)11-14-8/h5-6H,3-4H2,1-2H3,(H,12,13). The second-order valence-corrected chi connectivity index (χ2v) is 5.96. The van der Waals surface area contributed by atoms with Crippen LogP contribution in [0.25, 0.3) is 0 Å². The van der Waals surface area contributed by atoms with Crippen LogP contribution in [0.3, 0.4) is 0 Å². The normalized spacial score (nSPS) is 24.3. The fourth-order valence-corrected chi connectivity index (χ4v) is 3.24. The summed E-state index contributed by atoms with van der Waals surface area (Å²) in [4.78, 5) is 10.7. The molecule has 1 aliphatic heterocycles. The quantitative estimate of drug-likeness (QED) is 0.840. The molecule has 5 heteroatoms. The summed E-state index contributed by atoms with van der Waals surface area (Å²) < 4.78 is 5.21. The summed E-state index contributed by atoms with van der Waals surface area (Å²) in [6.45, 7) is 4.30. The zero-order valence-corrected chi connectivity index (χ0v) is 9.50. The largest absolute Gasteiger partial charge is 0.476 e. The van der Waals surface area contributed by atoms with Crippen LogP contribution in [-0.4, -0.2) is 26.7 Å². The van der Waals surface area contributed by atoms with Gasteiger partial charge in [-0.15, -0.1) is 0 Å². The number of carboxylic acid groups (broad SMARTS) is 1. The van der Waals surface area contributed by atoms with E-state index in [0.717, 1.165) is 12.2 Å². The Morgan fingerprint density at radius 2 is 2.47 bits per heavy atom. The fourth-order valence-electron chi connectivity index (χ4n) is 1.93. The molecule has 0 aliphatic carbocycles. The number of rotatable bonds is 2. The monoisotopic (exact) mass is 227 g/mol. The molecule has 15 heavy (non-hydrogen) atoms. The summed E-state index contributed by atoms with van der Waals surface area (Å²) in [5, 5.41) is 12.3. The highest BCUT2D eigenvalue weighted by Crippen LogP contribution is 2.48. The van der Waals surface area contributed by atoms with Crippen LogP contribution in [0.15, 0.2) is 10.6 Å². The van der Waals surface area contributed by atoms with Crippen molar-refractivity contribution in [2.45, 2.75) is 30.9 Å². The molecule has 4 nitrogen and oxygen atoms in total. The van der Waals surface area contributed by atoms with Crippen LogP contribution in [0.1, 0.15) is 42.4 Å². The number of aromatic nitrogens is 1. The molecule has 82 valence electrons. The first kappa shape index (κ1) is 10.5. The van der Waals surface area contributed by atoms with Gasteiger partial charge in [-0.3, -0.25) is 0 Å². The molecule has 1 saturated heterocycles. The first-order valence-corrected chi connectivity index (χ1v) is 5.83. The SMILES string of the molecule is CC1(C)SCCC1c1cc(C(=O)O)no1. The minimum absolute atomic E-state index is 0.00213. The Morgan fingerprint density at radius 1 is 1.73 bits per heavy atom. The van der Waals surface area contributed by atoms with E-state index in [9.17, 15) is 4.79 Å². The van der Waals surface area contributed by atoms with Crippen LogP contribution in [0, 0.1) is 0 Å². The molecular formula is C10H13NO3S. The van der Waals surface area contributed by atoms with Crippen molar-refractivity contribution in [3.05, 3.63) is 17.5 Å². The smallest absolute Gasteiger partial charge is 0.358 e. The van der Waals surface area contributed by atoms with E-state index < -0.39 is 5.97 Å². The van der Waals surface area contributed by atoms with Gasteiger partial charge in [-0.25, -0.2) is 4.79 Å². The highest BCUT2D eigenvalue weighted by atomic mass is 32.2. The highest BCUT2D eigenvalue weighted by Gasteiger charge is 2.39. The van der Waals surface area contributed by atoms with Crippen molar-refractivity contribution >= 4 is 17.7 Å². The lowest BCUT2D eigenvalue weighted by Gasteiger charge is -2.23. The molecule has 0 radical (unpaired) electrons. The molecule has 2 heterocycles. The second-order valence-electron chi connectivity index (χ2n) is 4.21. The molecular weight excluding hydrogens is 214 g/mol. The average molecular weight is 227 g/mol. The van der Waals surface area contributed by atoms with Crippen molar-refractivity contribution in [3.8, 4) is 0 Å². The van der Waals surface area contributed by atoms with Gasteiger partial charge in [0.1, 0.15) is 5.76 Å². The summed E-state index contributed by atoms with van der Waals surface area (Å²) in [7, 11) is 0. The molecule has 1 N–H and O–H groups in total. The predicted octanol–water partition coefficient (Wildman–Crippen LogP) is 2.37. The third kappa shape index (κ3) is 1.88.